The Kier molecular flexibility index (Phi) is 5.04. The Hall–Kier alpha value is -1.20. The van der Waals surface area contributed by atoms with Gasteiger partial charge in [0.05, 0.1) is 17.7 Å². The van der Waals surface area contributed by atoms with Crippen molar-refractivity contribution in [2.24, 2.45) is 5.41 Å². The third-order valence-electron chi connectivity index (χ3n) is 3.18. The Bertz CT molecular complexity index is 418. The first-order valence-corrected chi connectivity index (χ1v) is 5.88. The van der Waals surface area contributed by atoms with Crippen LogP contribution >= 0.6 is 12.4 Å². The van der Waals surface area contributed by atoms with Crippen LogP contribution in [-0.2, 0) is 11.3 Å². The van der Waals surface area contributed by atoms with E-state index in [0.717, 1.165) is 31.0 Å². The molecule has 18 heavy (non-hydrogen) atoms. The van der Waals surface area contributed by atoms with E-state index < -0.39 is 0 Å². The molecule has 0 aromatic carbocycles. The van der Waals surface area contributed by atoms with Gasteiger partial charge in [-0.25, -0.2) is 9.97 Å². The number of nitrogens with one attached hydrogen (secondary N) is 2. The average Bonchev–Trinajstić information content (AvgIpc) is 2.74. The number of hydrogen-bond donors (Lipinski definition) is 2. The normalized spacial score (nSPS) is 22.3. The summed E-state index contributed by atoms with van der Waals surface area (Å²) >= 11 is 0. The number of halogens is 1. The second-order valence-electron chi connectivity index (χ2n) is 4.77. The number of carbonyl (C=O) groups excluding carboxylic acids is 1. The van der Waals surface area contributed by atoms with E-state index in [1.807, 2.05) is 19.9 Å². The van der Waals surface area contributed by atoms with Crippen LogP contribution in [0.25, 0.3) is 0 Å². The van der Waals surface area contributed by atoms with Crippen LogP contribution in [0.5, 0.6) is 0 Å². The zero-order chi connectivity index (χ0) is 12.3. The van der Waals surface area contributed by atoms with Crippen molar-refractivity contribution in [1.82, 2.24) is 20.6 Å². The van der Waals surface area contributed by atoms with Crippen molar-refractivity contribution in [3.63, 3.8) is 0 Å². The number of amides is 1. The molecule has 1 aromatic rings. The molecule has 1 saturated heterocycles. The van der Waals surface area contributed by atoms with Gasteiger partial charge in [0.1, 0.15) is 5.82 Å². The Morgan fingerprint density at radius 1 is 1.61 bits per heavy atom. The number of nitrogens with zero attached hydrogens (tertiary/aromatic N) is 2. The highest BCUT2D eigenvalue weighted by Crippen LogP contribution is 2.24. The summed E-state index contributed by atoms with van der Waals surface area (Å²) in [5.41, 5.74) is 0.572. The van der Waals surface area contributed by atoms with Crippen LogP contribution in [-0.4, -0.2) is 29.0 Å². The molecule has 2 N–H and O–H groups in total. The SMILES string of the molecule is Cc1nccc(CNC(=O)C2(C)CCNC2)n1.Cl. The van der Waals surface area contributed by atoms with Crippen LogP contribution in [0, 0.1) is 12.3 Å². The lowest BCUT2D eigenvalue weighted by molar-refractivity contribution is -0.129. The van der Waals surface area contributed by atoms with E-state index >= 15 is 0 Å². The predicted molar refractivity (Wildman–Crippen MR) is 71.5 cm³/mol. The number of aryl methyl sites for hydroxylation is 1. The molecule has 6 heteroatoms. The van der Waals surface area contributed by atoms with Gasteiger partial charge in [0.25, 0.3) is 0 Å². The van der Waals surface area contributed by atoms with Gasteiger partial charge in [-0.15, -0.1) is 12.4 Å². The van der Waals surface area contributed by atoms with Crippen LogP contribution in [0.4, 0.5) is 0 Å². The van der Waals surface area contributed by atoms with Gasteiger partial charge in [-0.1, -0.05) is 0 Å². The standard InChI is InChI=1S/C12H18N4O.ClH/c1-9-14-5-3-10(16-9)7-15-11(17)12(2)4-6-13-8-12;/h3,5,13H,4,6-8H2,1-2H3,(H,15,17);1H. The van der Waals surface area contributed by atoms with Crippen LogP contribution < -0.4 is 10.6 Å². The highest BCUT2D eigenvalue weighted by molar-refractivity contribution is 5.85. The van der Waals surface area contributed by atoms with E-state index in [1.165, 1.54) is 0 Å². The maximum Gasteiger partial charge on any atom is 0.227 e. The molecule has 0 radical (unpaired) electrons. The summed E-state index contributed by atoms with van der Waals surface area (Å²) in [6, 6.07) is 1.82. The van der Waals surface area contributed by atoms with Gasteiger partial charge < -0.3 is 10.6 Å². The van der Waals surface area contributed by atoms with Gasteiger partial charge in [-0.05, 0) is 32.9 Å². The van der Waals surface area contributed by atoms with E-state index in [4.69, 9.17) is 0 Å². The summed E-state index contributed by atoms with van der Waals surface area (Å²) in [6.45, 7) is 5.97. The molecule has 1 atom stereocenters. The Morgan fingerprint density at radius 2 is 2.39 bits per heavy atom. The van der Waals surface area contributed by atoms with Crippen LogP contribution in [0.2, 0.25) is 0 Å². The molecule has 2 heterocycles. The minimum Gasteiger partial charge on any atom is -0.350 e. The lowest BCUT2D eigenvalue weighted by Gasteiger charge is -2.21. The van der Waals surface area contributed by atoms with E-state index in [2.05, 4.69) is 20.6 Å². The Balaban J connectivity index is 0.00000162. The molecule has 0 aliphatic carbocycles. The molecular weight excluding hydrogens is 252 g/mol. The molecule has 1 fully saturated rings. The molecule has 100 valence electrons. The molecular formula is C12H19ClN4O. The first kappa shape index (κ1) is 14.9. The monoisotopic (exact) mass is 270 g/mol. The minimum absolute atomic E-state index is 0. The number of hydrogen-bond acceptors (Lipinski definition) is 4. The zero-order valence-electron chi connectivity index (χ0n) is 10.7. The molecule has 1 amide bonds. The largest absolute Gasteiger partial charge is 0.350 e. The fourth-order valence-electron chi connectivity index (χ4n) is 2.00. The molecule has 0 saturated carbocycles. The van der Waals surface area contributed by atoms with Gasteiger partial charge in [0.15, 0.2) is 0 Å². The molecule has 0 bridgehead atoms. The highest BCUT2D eigenvalue weighted by Gasteiger charge is 2.35. The third kappa shape index (κ3) is 3.40. The van der Waals surface area contributed by atoms with E-state index in [1.54, 1.807) is 6.20 Å². The van der Waals surface area contributed by atoms with Crippen molar-refractivity contribution in [3.8, 4) is 0 Å². The average molecular weight is 271 g/mol. The second kappa shape index (κ2) is 6.11. The second-order valence-corrected chi connectivity index (χ2v) is 4.77. The van der Waals surface area contributed by atoms with Crippen molar-refractivity contribution in [3.05, 3.63) is 23.8 Å². The molecule has 0 spiro atoms. The molecule has 1 aromatic heterocycles. The Morgan fingerprint density at radius 3 is 3.00 bits per heavy atom. The van der Waals surface area contributed by atoms with Gasteiger partial charge >= 0.3 is 0 Å². The lowest BCUT2D eigenvalue weighted by atomic mass is 9.89. The fourth-order valence-corrected chi connectivity index (χ4v) is 2.00. The van der Waals surface area contributed by atoms with E-state index in [-0.39, 0.29) is 23.7 Å². The molecule has 1 aliphatic heterocycles. The number of carbonyl (C=O) groups is 1. The predicted octanol–water partition coefficient (Wildman–Crippen LogP) is 0.823. The summed E-state index contributed by atoms with van der Waals surface area (Å²) in [7, 11) is 0. The van der Waals surface area contributed by atoms with Crippen LogP contribution in [0.3, 0.4) is 0 Å². The minimum atomic E-state index is -0.276. The molecule has 2 rings (SSSR count). The fraction of sp³-hybridized carbons (Fsp3) is 0.583. The molecule has 5 nitrogen and oxygen atoms in total. The number of rotatable bonds is 3. The van der Waals surface area contributed by atoms with Crippen molar-refractivity contribution in [1.29, 1.82) is 0 Å². The first-order valence-electron chi connectivity index (χ1n) is 5.88. The van der Waals surface area contributed by atoms with Crippen molar-refractivity contribution < 1.29 is 4.79 Å². The van der Waals surface area contributed by atoms with E-state index in [9.17, 15) is 4.79 Å². The van der Waals surface area contributed by atoms with Crippen molar-refractivity contribution >= 4 is 18.3 Å². The summed E-state index contributed by atoms with van der Waals surface area (Å²) in [5.74, 6) is 0.823. The molecule has 1 aliphatic rings. The van der Waals surface area contributed by atoms with Crippen LogP contribution in [0.1, 0.15) is 24.9 Å². The van der Waals surface area contributed by atoms with Gasteiger partial charge in [-0.3, -0.25) is 4.79 Å². The highest BCUT2D eigenvalue weighted by atomic mass is 35.5. The third-order valence-corrected chi connectivity index (χ3v) is 3.18. The maximum absolute atomic E-state index is 12.0. The Labute approximate surface area is 113 Å². The first-order chi connectivity index (χ1) is 8.10. The smallest absolute Gasteiger partial charge is 0.227 e. The van der Waals surface area contributed by atoms with Gasteiger partial charge in [-0.2, -0.15) is 0 Å². The molecule has 1 unspecified atom stereocenters. The zero-order valence-corrected chi connectivity index (χ0v) is 11.5. The topological polar surface area (TPSA) is 66.9 Å². The van der Waals surface area contributed by atoms with E-state index in [0.29, 0.717) is 6.54 Å². The van der Waals surface area contributed by atoms with Gasteiger partial charge in [0, 0.05) is 12.7 Å². The van der Waals surface area contributed by atoms with Crippen LogP contribution in [0.15, 0.2) is 12.3 Å². The summed E-state index contributed by atoms with van der Waals surface area (Å²) in [4.78, 5) is 20.3. The van der Waals surface area contributed by atoms with Crippen molar-refractivity contribution in [2.75, 3.05) is 13.1 Å². The maximum atomic E-state index is 12.0. The number of aromatic nitrogens is 2. The summed E-state index contributed by atoms with van der Waals surface area (Å²) in [6.07, 6.45) is 2.60. The lowest BCUT2D eigenvalue weighted by Crippen LogP contribution is -2.40. The summed E-state index contributed by atoms with van der Waals surface area (Å²) < 4.78 is 0. The van der Waals surface area contributed by atoms with Gasteiger partial charge in [0.2, 0.25) is 5.91 Å². The van der Waals surface area contributed by atoms with Crippen molar-refractivity contribution in [2.45, 2.75) is 26.8 Å². The quantitative estimate of drug-likeness (QED) is 0.854. The summed E-state index contributed by atoms with van der Waals surface area (Å²) in [5, 5.41) is 6.15.